The Hall–Kier alpha value is -2.98. The van der Waals surface area contributed by atoms with E-state index in [1.807, 2.05) is 13.8 Å². The number of aliphatic carboxylic acids is 1. The van der Waals surface area contributed by atoms with E-state index >= 15 is 0 Å². The lowest BCUT2D eigenvalue weighted by Gasteiger charge is -2.34. The van der Waals surface area contributed by atoms with Gasteiger partial charge in [-0.05, 0) is 62.6 Å². The fraction of sp³-hybridized carbons (Fsp3) is 0.417. The molecule has 8 nitrogen and oxygen atoms in total. The van der Waals surface area contributed by atoms with Gasteiger partial charge in [-0.2, -0.15) is 4.31 Å². The van der Waals surface area contributed by atoms with Gasteiger partial charge in [-0.15, -0.1) is 0 Å². The number of carboxylic acid groups (broad SMARTS) is 1. The molecule has 34 heavy (non-hydrogen) atoms. The molecule has 2 atom stereocenters. The molecule has 1 unspecified atom stereocenters. The van der Waals surface area contributed by atoms with Crippen molar-refractivity contribution < 1.29 is 32.2 Å². The van der Waals surface area contributed by atoms with Gasteiger partial charge in [0.25, 0.3) is 0 Å². The number of amides is 1. The number of carboxylic acids is 1. The van der Waals surface area contributed by atoms with Crippen LogP contribution in [-0.2, 0) is 26.0 Å². The van der Waals surface area contributed by atoms with E-state index in [9.17, 15) is 27.5 Å². The number of nitrogens with zero attached hydrogens (tertiary/aromatic N) is 1. The van der Waals surface area contributed by atoms with Crippen LogP contribution in [-0.4, -0.2) is 54.4 Å². The van der Waals surface area contributed by atoms with E-state index < -0.39 is 39.8 Å². The van der Waals surface area contributed by atoms with E-state index in [1.54, 1.807) is 24.3 Å². The van der Waals surface area contributed by atoms with Crippen LogP contribution < -0.4 is 10.1 Å². The first kappa shape index (κ1) is 25.6. The maximum Gasteiger partial charge on any atom is 0.326 e. The minimum Gasteiger partial charge on any atom is -0.491 e. The molecule has 0 saturated carbocycles. The van der Waals surface area contributed by atoms with Crippen molar-refractivity contribution in [1.82, 2.24) is 9.62 Å². The quantitative estimate of drug-likeness (QED) is 0.557. The number of rotatable bonds is 9. The Morgan fingerprint density at radius 2 is 1.88 bits per heavy atom. The maximum atomic E-state index is 13.6. The Bertz CT molecular complexity index is 1120. The molecule has 2 aromatic rings. The van der Waals surface area contributed by atoms with Gasteiger partial charge >= 0.3 is 5.97 Å². The predicted molar refractivity (Wildman–Crippen MR) is 123 cm³/mol. The van der Waals surface area contributed by atoms with E-state index in [0.717, 1.165) is 16.4 Å². The van der Waals surface area contributed by atoms with Crippen molar-refractivity contribution in [1.29, 1.82) is 0 Å². The number of nitrogens with one attached hydrogen (secondary N) is 1. The molecule has 2 N–H and O–H groups in total. The predicted octanol–water partition coefficient (Wildman–Crippen LogP) is 2.97. The molecule has 0 radical (unpaired) electrons. The third-order valence-corrected chi connectivity index (χ3v) is 7.41. The van der Waals surface area contributed by atoms with Gasteiger partial charge in [0, 0.05) is 13.0 Å². The normalized spacial score (nSPS) is 17.8. The average molecular weight is 493 g/mol. The van der Waals surface area contributed by atoms with Gasteiger partial charge in [0.2, 0.25) is 15.9 Å². The van der Waals surface area contributed by atoms with Crippen LogP contribution in [0.4, 0.5) is 4.39 Å². The largest absolute Gasteiger partial charge is 0.491 e. The summed E-state index contributed by atoms with van der Waals surface area (Å²) in [5.41, 5.74) is 0.677. The van der Waals surface area contributed by atoms with Gasteiger partial charge in [-0.1, -0.05) is 24.6 Å². The number of carbonyl (C=O) groups is 2. The molecule has 1 aliphatic rings. The summed E-state index contributed by atoms with van der Waals surface area (Å²) in [4.78, 5) is 24.7. The van der Waals surface area contributed by atoms with Crippen LogP contribution in [0.5, 0.6) is 5.75 Å². The van der Waals surface area contributed by atoms with Crippen molar-refractivity contribution in [3.8, 4) is 5.75 Å². The van der Waals surface area contributed by atoms with Gasteiger partial charge < -0.3 is 15.2 Å². The second-order valence-corrected chi connectivity index (χ2v) is 10.4. The second-order valence-electron chi connectivity index (χ2n) is 8.50. The van der Waals surface area contributed by atoms with Crippen LogP contribution in [0.2, 0.25) is 0 Å². The fourth-order valence-corrected chi connectivity index (χ4v) is 5.59. The Morgan fingerprint density at radius 3 is 2.50 bits per heavy atom. The molecule has 0 aliphatic carbocycles. The minimum atomic E-state index is -4.14. The van der Waals surface area contributed by atoms with E-state index in [-0.39, 0.29) is 30.4 Å². The number of carbonyl (C=O) groups excluding carboxylic acids is 1. The van der Waals surface area contributed by atoms with E-state index in [0.29, 0.717) is 24.2 Å². The number of halogens is 1. The number of piperidine rings is 1. The van der Waals surface area contributed by atoms with E-state index in [1.165, 1.54) is 12.1 Å². The number of hydrogen-bond acceptors (Lipinski definition) is 5. The van der Waals surface area contributed by atoms with Crippen molar-refractivity contribution in [2.45, 2.75) is 62.6 Å². The van der Waals surface area contributed by atoms with E-state index in [2.05, 4.69) is 5.32 Å². The summed E-state index contributed by atoms with van der Waals surface area (Å²) < 4.78 is 46.5. The zero-order chi connectivity index (χ0) is 24.9. The molecule has 0 spiro atoms. The smallest absolute Gasteiger partial charge is 0.326 e. The molecule has 0 bridgehead atoms. The molecule has 184 valence electrons. The number of sulfonamides is 1. The molecule has 1 saturated heterocycles. The molecular weight excluding hydrogens is 463 g/mol. The highest BCUT2D eigenvalue weighted by Gasteiger charge is 2.39. The molecule has 10 heteroatoms. The topological polar surface area (TPSA) is 113 Å². The minimum absolute atomic E-state index is 0.000923. The van der Waals surface area contributed by atoms with Gasteiger partial charge in [0.15, 0.2) is 0 Å². The zero-order valence-electron chi connectivity index (χ0n) is 19.1. The Labute approximate surface area is 198 Å². The Balaban J connectivity index is 1.75. The highest BCUT2D eigenvalue weighted by molar-refractivity contribution is 7.89. The average Bonchev–Trinajstić information content (AvgIpc) is 2.79. The van der Waals surface area contributed by atoms with Gasteiger partial charge in [0.05, 0.1) is 11.0 Å². The fourth-order valence-electron chi connectivity index (χ4n) is 3.90. The summed E-state index contributed by atoms with van der Waals surface area (Å²) in [5, 5.41) is 12.2. The van der Waals surface area contributed by atoms with Crippen LogP contribution >= 0.6 is 0 Å². The monoisotopic (exact) mass is 492 g/mol. The molecule has 3 rings (SSSR count). The number of benzene rings is 2. The van der Waals surface area contributed by atoms with Crippen LogP contribution in [0, 0.1) is 5.82 Å². The Kier molecular flexibility index (Phi) is 8.27. The van der Waals surface area contributed by atoms with Gasteiger partial charge in [-0.3, -0.25) is 4.79 Å². The molecule has 1 amide bonds. The summed E-state index contributed by atoms with van der Waals surface area (Å²) in [6.07, 6.45) is 1.42. The number of ether oxygens (including phenoxy) is 1. The molecule has 1 fully saturated rings. The molecule has 1 heterocycles. The number of hydrogen-bond donors (Lipinski definition) is 2. The molecular formula is C24H29FN2O6S. The molecule has 1 aliphatic heterocycles. The van der Waals surface area contributed by atoms with Crippen molar-refractivity contribution >= 4 is 21.9 Å². The lowest BCUT2D eigenvalue weighted by molar-refractivity contribution is -0.142. The van der Waals surface area contributed by atoms with Crippen LogP contribution in [0.25, 0.3) is 0 Å². The van der Waals surface area contributed by atoms with Crippen LogP contribution in [0.15, 0.2) is 53.4 Å². The molecule has 0 aromatic heterocycles. The first-order valence-electron chi connectivity index (χ1n) is 11.1. The highest BCUT2D eigenvalue weighted by atomic mass is 32.2. The summed E-state index contributed by atoms with van der Waals surface area (Å²) in [6.45, 7) is 3.88. The molecule has 2 aromatic carbocycles. The summed E-state index contributed by atoms with van der Waals surface area (Å²) >= 11 is 0. The zero-order valence-corrected chi connectivity index (χ0v) is 19.9. The van der Waals surface area contributed by atoms with Crippen LogP contribution in [0.1, 0.15) is 38.7 Å². The first-order chi connectivity index (χ1) is 16.1. The van der Waals surface area contributed by atoms with Gasteiger partial charge in [-0.25, -0.2) is 17.6 Å². The van der Waals surface area contributed by atoms with Crippen molar-refractivity contribution in [2.75, 3.05) is 6.54 Å². The SMILES string of the molecule is CC(C)Oc1ccc(CC(NC(=O)[C@@H]2CCCCN2S(=O)(=O)c2cccc(F)c2)C(=O)O)cc1. The van der Waals surface area contributed by atoms with Gasteiger partial charge in [0.1, 0.15) is 23.7 Å². The maximum absolute atomic E-state index is 13.6. The summed E-state index contributed by atoms with van der Waals surface area (Å²) in [7, 11) is -4.14. The van der Waals surface area contributed by atoms with Crippen molar-refractivity contribution in [3.05, 3.63) is 59.9 Å². The Morgan fingerprint density at radius 1 is 1.18 bits per heavy atom. The third-order valence-electron chi connectivity index (χ3n) is 5.51. The lowest BCUT2D eigenvalue weighted by Crippen LogP contribution is -2.55. The van der Waals surface area contributed by atoms with Crippen molar-refractivity contribution in [3.63, 3.8) is 0 Å². The standard InChI is InChI=1S/C24H29FN2O6S/c1-16(2)33-19-11-9-17(10-12-19)14-21(24(29)30)26-23(28)22-8-3-4-13-27(22)34(31,32)20-7-5-6-18(25)15-20/h5-7,9-12,15-16,21-22H,3-4,8,13-14H2,1-2H3,(H,26,28)(H,29,30)/t21?,22-/m0/s1. The second kappa shape index (κ2) is 11.0. The van der Waals surface area contributed by atoms with Crippen molar-refractivity contribution in [2.24, 2.45) is 0 Å². The van der Waals surface area contributed by atoms with Crippen LogP contribution in [0.3, 0.4) is 0 Å². The highest BCUT2D eigenvalue weighted by Crippen LogP contribution is 2.26. The summed E-state index contributed by atoms with van der Waals surface area (Å²) in [6, 6.07) is 9.19. The third kappa shape index (κ3) is 6.32. The summed E-state index contributed by atoms with van der Waals surface area (Å²) in [5.74, 6) is -1.97. The lowest BCUT2D eigenvalue weighted by atomic mass is 10.0. The van der Waals surface area contributed by atoms with E-state index in [4.69, 9.17) is 4.74 Å². The first-order valence-corrected chi connectivity index (χ1v) is 12.6.